The zero-order chi connectivity index (χ0) is 20.4. The molecule has 1 amide bonds. The van der Waals surface area contributed by atoms with E-state index in [9.17, 15) is 9.59 Å². The molecule has 1 N–H and O–H groups in total. The van der Waals surface area contributed by atoms with Gasteiger partial charge >= 0.3 is 5.97 Å². The molecule has 0 bridgehead atoms. The van der Waals surface area contributed by atoms with Gasteiger partial charge in [-0.05, 0) is 38.8 Å². The Kier molecular flexibility index (Phi) is 5.16. The van der Waals surface area contributed by atoms with Crippen LogP contribution in [0.4, 0.5) is 0 Å². The molecule has 0 saturated heterocycles. The second-order valence-corrected chi connectivity index (χ2v) is 7.37. The minimum Gasteiger partial charge on any atom is -0.449 e. The predicted molar refractivity (Wildman–Crippen MR) is 110 cm³/mol. The van der Waals surface area contributed by atoms with E-state index in [1.165, 1.54) is 0 Å². The fourth-order valence-electron chi connectivity index (χ4n) is 2.99. The Morgan fingerprint density at radius 2 is 1.79 bits per heavy atom. The third-order valence-corrected chi connectivity index (χ3v) is 4.86. The highest BCUT2D eigenvalue weighted by atomic mass is 16.5. The number of ether oxygens (including phenoxy) is 1. The highest BCUT2D eigenvalue weighted by Crippen LogP contribution is 2.25. The van der Waals surface area contributed by atoms with Crippen LogP contribution in [-0.4, -0.2) is 33.8 Å². The maximum atomic E-state index is 12.9. The van der Waals surface area contributed by atoms with Gasteiger partial charge in [-0.15, -0.1) is 0 Å². The zero-order valence-electron chi connectivity index (χ0n) is 16.5. The molecular formula is C23H23N3O3. The molecular weight excluding hydrogens is 366 g/mol. The summed E-state index contributed by atoms with van der Waals surface area (Å²) in [7, 11) is 0. The molecule has 29 heavy (non-hydrogen) atoms. The maximum absolute atomic E-state index is 12.9. The normalized spacial score (nSPS) is 14.3. The van der Waals surface area contributed by atoms with Gasteiger partial charge in [0.15, 0.2) is 6.10 Å². The quantitative estimate of drug-likeness (QED) is 0.653. The van der Waals surface area contributed by atoms with Gasteiger partial charge in [-0.3, -0.25) is 4.79 Å². The Morgan fingerprint density at radius 3 is 2.45 bits per heavy atom. The van der Waals surface area contributed by atoms with Crippen LogP contribution in [0.3, 0.4) is 0 Å². The molecule has 0 radical (unpaired) electrons. The van der Waals surface area contributed by atoms with Crippen LogP contribution < -0.4 is 5.32 Å². The third kappa shape index (κ3) is 4.37. The molecule has 2 aromatic carbocycles. The lowest BCUT2D eigenvalue weighted by atomic mass is 10.1. The number of hydrogen-bond acceptors (Lipinski definition) is 4. The first-order valence-electron chi connectivity index (χ1n) is 9.75. The van der Waals surface area contributed by atoms with Crippen LogP contribution in [0.1, 0.15) is 35.7 Å². The number of nitrogens with one attached hydrogen (secondary N) is 1. The average Bonchev–Trinajstić information content (AvgIpc) is 3.43. The van der Waals surface area contributed by atoms with E-state index in [4.69, 9.17) is 4.74 Å². The molecule has 1 aliphatic carbocycles. The standard InChI is InChI=1S/C23H23N3O3/c1-15-8-12-19(13-9-15)26-14-20(21(25-26)17-6-4-3-5-7-17)23(28)29-16(2)22(27)24-18-10-11-18/h3-9,12-14,16,18H,10-11H2,1-2H3,(H,24,27). The fraction of sp³-hybridized carbons (Fsp3) is 0.261. The van der Waals surface area contributed by atoms with Crippen molar-refractivity contribution in [3.05, 3.63) is 71.9 Å². The largest absolute Gasteiger partial charge is 0.449 e. The number of aryl methyl sites for hydroxylation is 1. The number of carbonyl (C=O) groups is 2. The van der Waals surface area contributed by atoms with Crippen molar-refractivity contribution in [2.75, 3.05) is 0 Å². The van der Waals surface area contributed by atoms with Crippen molar-refractivity contribution in [3.63, 3.8) is 0 Å². The van der Waals surface area contributed by atoms with Gasteiger partial charge in [0.25, 0.3) is 5.91 Å². The Bertz CT molecular complexity index is 1020. The first-order valence-corrected chi connectivity index (χ1v) is 9.75. The molecule has 1 aromatic heterocycles. The molecule has 1 fully saturated rings. The van der Waals surface area contributed by atoms with Crippen LogP contribution in [0.15, 0.2) is 60.8 Å². The minimum absolute atomic E-state index is 0.216. The fourth-order valence-corrected chi connectivity index (χ4v) is 2.99. The Labute approximate surface area is 169 Å². The van der Waals surface area contributed by atoms with Gasteiger partial charge in [-0.25, -0.2) is 9.48 Å². The Balaban J connectivity index is 1.64. The summed E-state index contributed by atoms with van der Waals surface area (Å²) in [5.74, 6) is -0.839. The summed E-state index contributed by atoms with van der Waals surface area (Å²) in [6.45, 7) is 3.60. The smallest absolute Gasteiger partial charge is 0.342 e. The number of benzene rings is 2. The first-order chi connectivity index (χ1) is 14.0. The van der Waals surface area contributed by atoms with Crippen molar-refractivity contribution >= 4 is 11.9 Å². The van der Waals surface area contributed by atoms with Gasteiger partial charge in [0.2, 0.25) is 0 Å². The third-order valence-electron chi connectivity index (χ3n) is 4.86. The first kappa shape index (κ1) is 18.9. The number of esters is 1. The van der Waals surface area contributed by atoms with Gasteiger partial charge in [0.1, 0.15) is 11.3 Å². The van der Waals surface area contributed by atoms with Crippen LogP contribution in [-0.2, 0) is 9.53 Å². The Hall–Kier alpha value is -3.41. The van der Waals surface area contributed by atoms with E-state index in [1.54, 1.807) is 17.8 Å². The summed E-state index contributed by atoms with van der Waals surface area (Å²) in [6.07, 6.45) is 2.75. The summed E-state index contributed by atoms with van der Waals surface area (Å²) in [5.41, 5.74) is 3.62. The van der Waals surface area contributed by atoms with Crippen molar-refractivity contribution in [2.24, 2.45) is 0 Å². The Morgan fingerprint density at radius 1 is 1.10 bits per heavy atom. The second-order valence-electron chi connectivity index (χ2n) is 7.37. The van der Waals surface area contributed by atoms with E-state index in [2.05, 4.69) is 10.4 Å². The van der Waals surface area contributed by atoms with E-state index in [0.29, 0.717) is 11.3 Å². The molecule has 3 aromatic rings. The van der Waals surface area contributed by atoms with Crippen molar-refractivity contribution in [1.82, 2.24) is 15.1 Å². The van der Waals surface area contributed by atoms with Crippen molar-refractivity contribution in [2.45, 2.75) is 38.8 Å². The topological polar surface area (TPSA) is 73.2 Å². The lowest BCUT2D eigenvalue weighted by Crippen LogP contribution is -2.37. The molecule has 1 heterocycles. The molecule has 1 aliphatic rings. The number of nitrogens with zero attached hydrogens (tertiary/aromatic N) is 2. The molecule has 0 spiro atoms. The molecule has 4 rings (SSSR count). The monoisotopic (exact) mass is 389 g/mol. The molecule has 0 aliphatic heterocycles. The highest BCUT2D eigenvalue weighted by Gasteiger charge is 2.28. The molecule has 1 unspecified atom stereocenters. The van der Waals surface area contributed by atoms with Gasteiger partial charge in [-0.2, -0.15) is 5.10 Å². The highest BCUT2D eigenvalue weighted by molar-refractivity contribution is 5.97. The lowest BCUT2D eigenvalue weighted by Gasteiger charge is -2.13. The predicted octanol–water partition coefficient (Wildman–Crippen LogP) is 3.67. The molecule has 1 atom stereocenters. The van der Waals surface area contributed by atoms with Gasteiger partial charge in [0, 0.05) is 17.8 Å². The summed E-state index contributed by atoms with van der Waals surface area (Å²) in [4.78, 5) is 25.1. The molecule has 148 valence electrons. The van der Waals surface area contributed by atoms with Crippen molar-refractivity contribution in [3.8, 4) is 16.9 Å². The summed E-state index contributed by atoms with van der Waals surface area (Å²) < 4.78 is 7.11. The number of rotatable bonds is 6. The second kappa shape index (κ2) is 7.91. The van der Waals surface area contributed by atoms with Crippen LogP contribution >= 0.6 is 0 Å². The molecule has 1 saturated carbocycles. The van der Waals surface area contributed by atoms with E-state index in [1.807, 2.05) is 61.5 Å². The number of aromatic nitrogens is 2. The maximum Gasteiger partial charge on any atom is 0.342 e. The summed E-state index contributed by atoms with van der Waals surface area (Å²) in [6, 6.07) is 17.5. The van der Waals surface area contributed by atoms with Gasteiger partial charge in [0.05, 0.1) is 5.69 Å². The van der Waals surface area contributed by atoms with E-state index in [-0.39, 0.29) is 11.9 Å². The number of amides is 1. The van der Waals surface area contributed by atoms with Crippen LogP contribution in [0.2, 0.25) is 0 Å². The van der Waals surface area contributed by atoms with E-state index < -0.39 is 12.1 Å². The number of carbonyl (C=O) groups excluding carboxylic acids is 2. The molecule has 6 heteroatoms. The number of hydrogen-bond donors (Lipinski definition) is 1. The van der Waals surface area contributed by atoms with Crippen LogP contribution in [0.5, 0.6) is 0 Å². The SMILES string of the molecule is Cc1ccc(-n2cc(C(=O)OC(C)C(=O)NC3CC3)c(-c3ccccc3)n2)cc1. The van der Waals surface area contributed by atoms with Crippen molar-refractivity contribution < 1.29 is 14.3 Å². The van der Waals surface area contributed by atoms with Gasteiger partial charge < -0.3 is 10.1 Å². The van der Waals surface area contributed by atoms with E-state index >= 15 is 0 Å². The van der Waals surface area contributed by atoms with Crippen LogP contribution in [0, 0.1) is 6.92 Å². The van der Waals surface area contributed by atoms with Gasteiger partial charge in [-0.1, -0.05) is 48.0 Å². The average molecular weight is 389 g/mol. The van der Waals surface area contributed by atoms with Crippen LogP contribution in [0.25, 0.3) is 16.9 Å². The summed E-state index contributed by atoms with van der Waals surface area (Å²) >= 11 is 0. The lowest BCUT2D eigenvalue weighted by molar-refractivity contribution is -0.129. The van der Waals surface area contributed by atoms with Crippen molar-refractivity contribution in [1.29, 1.82) is 0 Å². The molecule has 6 nitrogen and oxygen atoms in total. The summed E-state index contributed by atoms with van der Waals surface area (Å²) in [5, 5.41) is 7.48. The minimum atomic E-state index is -0.866. The van der Waals surface area contributed by atoms with E-state index in [0.717, 1.165) is 29.7 Å². The zero-order valence-corrected chi connectivity index (χ0v) is 16.5.